The number of alkyl halides is 2. The number of rotatable bonds is 7. The number of aryl methyl sites for hydroxylation is 2. The second kappa shape index (κ2) is 10.3. The molecule has 1 N–H and O–H groups in total. The zero-order valence-corrected chi connectivity index (χ0v) is 22.5. The summed E-state index contributed by atoms with van der Waals surface area (Å²) in [6.45, 7) is 4.05. The number of halogens is 3. The first-order valence-electron chi connectivity index (χ1n) is 12.9. The molecule has 200 valence electrons. The highest BCUT2D eigenvalue weighted by molar-refractivity contribution is 6.36. The molecule has 6 nitrogen and oxygen atoms in total. The predicted octanol–water partition coefficient (Wildman–Crippen LogP) is 5.94. The maximum Gasteiger partial charge on any atom is 0.270 e. The Kier molecular flexibility index (Phi) is 7.24. The molecule has 38 heavy (non-hydrogen) atoms. The molecule has 0 aliphatic carbocycles. The summed E-state index contributed by atoms with van der Waals surface area (Å²) >= 11 is 7.05. The molecule has 5 rings (SSSR count). The molecule has 0 saturated carbocycles. The molecule has 0 spiro atoms. The Morgan fingerprint density at radius 1 is 1.11 bits per heavy atom. The SMILES string of the molecule is CCc1nc2ccc(C(O)(c3cnnn3C)C3CCOCC3)cc2c(Cl)c1Cc1ccc(C(C)(F)F)cc1. The van der Waals surface area contributed by atoms with Gasteiger partial charge in [0.25, 0.3) is 5.92 Å². The molecule has 2 aromatic heterocycles. The molecule has 9 heteroatoms. The molecule has 0 amide bonds. The lowest BCUT2D eigenvalue weighted by Crippen LogP contribution is -2.41. The van der Waals surface area contributed by atoms with Gasteiger partial charge in [0, 0.05) is 56.2 Å². The van der Waals surface area contributed by atoms with Crippen LogP contribution >= 0.6 is 11.6 Å². The molecule has 3 heterocycles. The zero-order valence-electron chi connectivity index (χ0n) is 21.7. The molecule has 1 aliphatic heterocycles. The van der Waals surface area contributed by atoms with E-state index in [2.05, 4.69) is 10.3 Å². The van der Waals surface area contributed by atoms with E-state index in [-0.39, 0.29) is 11.5 Å². The average Bonchev–Trinajstić information content (AvgIpc) is 3.36. The molecule has 0 radical (unpaired) electrons. The van der Waals surface area contributed by atoms with Crippen LogP contribution in [0.1, 0.15) is 60.3 Å². The van der Waals surface area contributed by atoms with Gasteiger partial charge in [0.1, 0.15) is 5.60 Å². The maximum absolute atomic E-state index is 13.7. The van der Waals surface area contributed by atoms with Gasteiger partial charge in [0.15, 0.2) is 0 Å². The summed E-state index contributed by atoms with van der Waals surface area (Å²) in [5.41, 5.74) is 3.24. The Morgan fingerprint density at radius 3 is 2.39 bits per heavy atom. The molecular formula is C29H31ClF2N4O2. The fourth-order valence-electron chi connectivity index (χ4n) is 5.48. The van der Waals surface area contributed by atoms with Crippen molar-refractivity contribution >= 4 is 22.5 Å². The van der Waals surface area contributed by atoms with Gasteiger partial charge >= 0.3 is 0 Å². The second-order valence-electron chi connectivity index (χ2n) is 10.1. The Balaban J connectivity index is 1.61. The molecule has 1 fully saturated rings. The Morgan fingerprint density at radius 2 is 1.79 bits per heavy atom. The number of hydrogen-bond donors (Lipinski definition) is 1. The van der Waals surface area contributed by atoms with Crippen LogP contribution in [0.4, 0.5) is 8.78 Å². The first kappa shape index (κ1) is 26.7. The Bertz CT molecular complexity index is 1450. The van der Waals surface area contributed by atoms with Crippen molar-refractivity contribution in [3.8, 4) is 0 Å². The van der Waals surface area contributed by atoms with Crippen molar-refractivity contribution in [2.75, 3.05) is 13.2 Å². The largest absolute Gasteiger partial charge is 0.381 e. The van der Waals surface area contributed by atoms with Crippen LogP contribution in [0.3, 0.4) is 0 Å². The summed E-state index contributed by atoms with van der Waals surface area (Å²) in [4.78, 5) is 4.89. The fraction of sp³-hybridized carbons (Fsp3) is 0.414. The van der Waals surface area contributed by atoms with Crippen LogP contribution in [0.25, 0.3) is 10.9 Å². The first-order chi connectivity index (χ1) is 18.1. The highest BCUT2D eigenvalue weighted by Gasteiger charge is 2.43. The Labute approximate surface area is 225 Å². The monoisotopic (exact) mass is 540 g/mol. The van der Waals surface area contributed by atoms with Gasteiger partial charge in [-0.1, -0.05) is 54.1 Å². The lowest BCUT2D eigenvalue weighted by atomic mass is 9.74. The van der Waals surface area contributed by atoms with E-state index in [4.69, 9.17) is 21.3 Å². The summed E-state index contributed by atoms with van der Waals surface area (Å²) in [7, 11) is 1.77. The van der Waals surface area contributed by atoms with Gasteiger partial charge in [-0.3, -0.25) is 4.98 Å². The molecule has 0 bridgehead atoms. The minimum atomic E-state index is -2.89. The third-order valence-electron chi connectivity index (χ3n) is 7.64. The highest BCUT2D eigenvalue weighted by atomic mass is 35.5. The van der Waals surface area contributed by atoms with Gasteiger partial charge in [-0.25, -0.2) is 13.5 Å². The van der Waals surface area contributed by atoms with Crippen LogP contribution in [-0.2, 0) is 36.1 Å². The third kappa shape index (κ3) is 4.81. The van der Waals surface area contributed by atoms with E-state index in [9.17, 15) is 13.9 Å². The molecule has 1 unspecified atom stereocenters. The van der Waals surface area contributed by atoms with Crippen molar-refractivity contribution in [1.82, 2.24) is 20.0 Å². The maximum atomic E-state index is 13.7. The van der Waals surface area contributed by atoms with Gasteiger partial charge in [0.05, 0.1) is 22.4 Å². The highest BCUT2D eigenvalue weighted by Crippen LogP contribution is 2.43. The van der Waals surface area contributed by atoms with E-state index < -0.39 is 11.5 Å². The topological polar surface area (TPSA) is 73.1 Å². The smallest absolute Gasteiger partial charge is 0.270 e. The standard InChI is InChI=1S/C29H31ClF2N4O2/c1-4-24-22(15-18-5-7-19(8-6-18)28(2,31)32)27(30)23-16-21(9-10-25(23)34-24)29(37,20-11-13-38-14-12-20)26-17-33-35-36(26)3/h5-10,16-17,20,37H,4,11-15H2,1-3H3. The number of pyridine rings is 1. The molecule has 1 aliphatic rings. The van der Waals surface area contributed by atoms with Crippen LogP contribution in [0.15, 0.2) is 48.7 Å². The summed E-state index contributed by atoms with van der Waals surface area (Å²) in [6, 6.07) is 12.0. The van der Waals surface area contributed by atoms with Crippen LogP contribution in [0.5, 0.6) is 0 Å². The minimum absolute atomic E-state index is 0.0265. The second-order valence-corrected chi connectivity index (χ2v) is 10.5. The number of fused-ring (bicyclic) bond motifs is 1. The van der Waals surface area contributed by atoms with Crippen molar-refractivity contribution < 1.29 is 18.6 Å². The molecule has 1 atom stereocenters. The van der Waals surface area contributed by atoms with Gasteiger partial charge in [-0.2, -0.15) is 0 Å². The van der Waals surface area contributed by atoms with Crippen molar-refractivity contribution in [2.24, 2.45) is 13.0 Å². The predicted molar refractivity (Wildman–Crippen MR) is 142 cm³/mol. The summed E-state index contributed by atoms with van der Waals surface area (Å²) in [6.07, 6.45) is 4.12. The summed E-state index contributed by atoms with van der Waals surface area (Å²) < 4.78 is 34.6. The lowest BCUT2D eigenvalue weighted by molar-refractivity contribution is -0.0475. The number of benzene rings is 2. The average molecular weight is 541 g/mol. The molecular weight excluding hydrogens is 510 g/mol. The first-order valence-corrected chi connectivity index (χ1v) is 13.2. The number of aromatic nitrogens is 4. The number of ether oxygens (including phenoxy) is 1. The van der Waals surface area contributed by atoms with Crippen LogP contribution in [-0.4, -0.2) is 38.3 Å². The van der Waals surface area contributed by atoms with E-state index in [1.54, 1.807) is 30.1 Å². The number of hydrogen-bond acceptors (Lipinski definition) is 5. The summed E-state index contributed by atoms with van der Waals surface area (Å²) in [5.74, 6) is -2.99. The van der Waals surface area contributed by atoms with E-state index in [1.807, 2.05) is 25.1 Å². The van der Waals surface area contributed by atoms with Gasteiger partial charge in [0.2, 0.25) is 0 Å². The third-order valence-corrected chi connectivity index (χ3v) is 8.07. The molecule has 2 aromatic carbocycles. The van der Waals surface area contributed by atoms with E-state index in [1.165, 1.54) is 12.1 Å². The van der Waals surface area contributed by atoms with Gasteiger partial charge < -0.3 is 9.84 Å². The van der Waals surface area contributed by atoms with Gasteiger partial charge in [-0.05, 0) is 48.1 Å². The zero-order chi connectivity index (χ0) is 27.1. The number of aliphatic hydroxyl groups is 1. The van der Waals surface area contributed by atoms with Crippen molar-refractivity contribution in [1.29, 1.82) is 0 Å². The molecule has 4 aromatic rings. The molecule has 1 saturated heterocycles. The van der Waals surface area contributed by atoms with E-state index in [0.29, 0.717) is 55.2 Å². The van der Waals surface area contributed by atoms with Gasteiger partial charge in [-0.15, -0.1) is 5.10 Å². The Hall–Kier alpha value is -2.94. The lowest BCUT2D eigenvalue weighted by Gasteiger charge is -2.38. The van der Waals surface area contributed by atoms with Crippen molar-refractivity contribution in [3.05, 3.63) is 87.3 Å². The van der Waals surface area contributed by atoms with Crippen molar-refractivity contribution in [2.45, 2.75) is 51.1 Å². The van der Waals surface area contributed by atoms with Crippen molar-refractivity contribution in [3.63, 3.8) is 0 Å². The van der Waals surface area contributed by atoms with Crippen LogP contribution in [0.2, 0.25) is 5.02 Å². The normalized spacial score (nSPS) is 16.6. The summed E-state index contributed by atoms with van der Waals surface area (Å²) in [5, 5.41) is 21.7. The number of nitrogens with zero attached hydrogens (tertiary/aromatic N) is 4. The van der Waals surface area contributed by atoms with E-state index >= 15 is 0 Å². The van der Waals surface area contributed by atoms with Crippen LogP contribution < -0.4 is 0 Å². The minimum Gasteiger partial charge on any atom is -0.381 e. The van der Waals surface area contributed by atoms with E-state index in [0.717, 1.165) is 34.6 Å². The quantitative estimate of drug-likeness (QED) is 0.314. The van der Waals surface area contributed by atoms with Crippen LogP contribution in [0, 0.1) is 5.92 Å². The fourth-order valence-corrected chi connectivity index (χ4v) is 5.81.